The summed E-state index contributed by atoms with van der Waals surface area (Å²) in [6.45, 7) is 5.52. The Morgan fingerprint density at radius 2 is 2.14 bits per heavy atom. The standard InChI is InChI=1S/C12H20N6O2S/c1-2-15-12-17-10(13)9(21-12)11(20)16-7-8(19)18-5-3-14-4-6-18/h14H,2-7,13H2,1H3,(H,15,17)(H,16,20). The number of hydrogen-bond donors (Lipinski definition) is 4. The number of carbonyl (C=O) groups excluding carboxylic acids is 2. The molecule has 8 nitrogen and oxygen atoms in total. The van der Waals surface area contributed by atoms with Crippen molar-refractivity contribution in [3.63, 3.8) is 0 Å². The van der Waals surface area contributed by atoms with E-state index in [-0.39, 0.29) is 24.2 Å². The second-order valence-electron chi connectivity index (χ2n) is 4.58. The van der Waals surface area contributed by atoms with Crippen molar-refractivity contribution >= 4 is 34.1 Å². The molecule has 1 saturated heterocycles. The minimum atomic E-state index is -0.363. The molecule has 1 aromatic heterocycles. The minimum absolute atomic E-state index is 0.0211. The normalized spacial score (nSPS) is 14.8. The van der Waals surface area contributed by atoms with Gasteiger partial charge in [0.15, 0.2) is 5.13 Å². The Hall–Kier alpha value is -1.87. The Bertz CT molecular complexity index is 512. The van der Waals surface area contributed by atoms with Crippen LogP contribution in [-0.4, -0.2) is 61.0 Å². The van der Waals surface area contributed by atoms with Gasteiger partial charge in [0, 0.05) is 32.7 Å². The fourth-order valence-corrected chi connectivity index (χ4v) is 2.85. The van der Waals surface area contributed by atoms with Crippen molar-refractivity contribution in [2.24, 2.45) is 0 Å². The summed E-state index contributed by atoms with van der Waals surface area (Å²) in [6.07, 6.45) is 0. The first kappa shape index (κ1) is 15.5. The molecule has 5 N–H and O–H groups in total. The Morgan fingerprint density at radius 3 is 2.81 bits per heavy atom. The van der Waals surface area contributed by atoms with E-state index in [4.69, 9.17) is 5.73 Å². The maximum atomic E-state index is 12.0. The van der Waals surface area contributed by atoms with Gasteiger partial charge in [-0.3, -0.25) is 9.59 Å². The fourth-order valence-electron chi connectivity index (χ4n) is 1.98. The molecule has 0 unspecified atom stereocenters. The number of nitrogens with one attached hydrogen (secondary N) is 3. The molecule has 0 atom stereocenters. The van der Waals surface area contributed by atoms with Crippen LogP contribution < -0.4 is 21.7 Å². The highest BCUT2D eigenvalue weighted by Crippen LogP contribution is 2.24. The molecule has 0 bridgehead atoms. The number of nitrogens with zero attached hydrogens (tertiary/aromatic N) is 2. The van der Waals surface area contributed by atoms with E-state index < -0.39 is 0 Å². The average molecular weight is 312 g/mol. The molecule has 9 heteroatoms. The van der Waals surface area contributed by atoms with E-state index in [2.05, 4.69) is 20.9 Å². The highest BCUT2D eigenvalue weighted by molar-refractivity contribution is 7.18. The van der Waals surface area contributed by atoms with E-state index in [0.29, 0.717) is 29.6 Å². The van der Waals surface area contributed by atoms with Crippen LogP contribution in [0.15, 0.2) is 0 Å². The van der Waals surface area contributed by atoms with Gasteiger partial charge in [-0.25, -0.2) is 4.98 Å². The third-order valence-electron chi connectivity index (χ3n) is 3.06. The predicted molar refractivity (Wildman–Crippen MR) is 82.5 cm³/mol. The van der Waals surface area contributed by atoms with E-state index in [9.17, 15) is 9.59 Å². The van der Waals surface area contributed by atoms with E-state index in [1.807, 2.05) is 6.92 Å². The monoisotopic (exact) mass is 312 g/mol. The van der Waals surface area contributed by atoms with Crippen molar-refractivity contribution in [2.75, 3.05) is 50.3 Å². The lowest BCUT2D eigenvalue weighted by molar-refractivity contribution is -0.130. The molecular weight excluding hydrogens is 292 g/mol. The summed E-state index contributed by atoms with van der Waals surface area (Å²) in [5, 5.41) is 9.39. The lowest BCUT2D eigenvalue weighted by Gasteiger charge is -2.27. The topological polar surface area (TPSA) is 112 Å². The predicted octanol–water partition coefficient (Wildman–Crippen LogP) is -0.681. The van der Waals surface area contributed by atoms with Gasteiger partial charge in [-0.2, -0.15) is 0 Å². The summed E-state index contributed by atoms with van der Waals surface area (Å²) in [5.74, 6) is -0.263. The number of piperazine rings is 1. The maximum absolute atomic E-state index is 12.0. The summed E-state index contributed by atoms with van der Waals surface area (Å²) in [5.41, 5.74) is 5.72. The number of nitrogens with two attached hydrogens (primary N) is 1. The zero-order valence-corrected chi connectivity index (χ0v) is 12.8. The lowest BCUT2D eigenvalue weighted by Crippen LogP contribution is -2.49. The number of anilines is 2. The smallest absolute Gasteiger partial charge is 0.265 e. The second kappa shape index (κ2) is 7.23. The van der Waals surface area contributed by atoms with Gasteiger partial charge in [0.2, 0.25) is 5.91 Å². The Labute approximate surface area is 127 Å². The molecule has 116 valence electrons. The van der Waals surface area contributed by atoms with Crippen LogP contribution in [0.25, 0.3) is 0 Å². The van der Waals surface area contributed by atoms with Gasteiger partial charge in [-0.1, -0.05) is 11.3 Å². The van der Waals surface area contributed by atoms with Gasteiger partial charge in [0.25, 0.3) is 5.91 Å². The summed E-state index contributed by atoms with van der Waals surface area (Å²) in [7, 11) is 0. The van der Waals surface area contributed by atoms with Gasteiger partial charge in [0.05, 0.1) is 6.54 Å². The summed E-state index contributed by atoms with van der Waals surface area (Å²) in [4.78, 5) is 30.1. The van der Waals surface area contributed by atoms with Crippen LogP contribution in [0.4, 0.5) is 10.9 Å². The van der Waals surface area contributed by atoms with E-state index in [1.54, 1.807) is 4.90 Å². The van der Waals surface area contributed by atoms with Gasteiger partial charge in [0.1, 0.15) is 10.7 Å². The molecule has 21 heavy (non-hydrogen) atoms. The van der Waals surface area contributed by atoms with Gasteiger partial charge < -0.3 is 26.6 Å². The Kier molecular flexibility index (Phi) is 5.34. The average Bonchev–Trinajstić information content (AvgIpc) is 2.86. The molecule has 2 amide bonds. The minimum Gasteiger partial charge on any atom is -0.382 e. The number of carbonyl (C=O) groups is 2. The molecule has 1 aliphatic rings. The molecule has 0 aliphatic carbocycles. The van der Waals surface area contributed by atoms with E-state index in [1.165, 1.54) is 11.3 Å². The molecule has 1 aliphatic heterocycles. The first-order valence-electron chi connectivity index (χ1n) is 6.88. The van der Waals surface area contributed by atoms with Crippen LogP contribution in [0.2, 0.25) is 0 Å². The summed E-state index contributed by atoms with van der Waals surface area (Å²) >= 11 is 1.19. The number of nitrogen functional groups attached to an aromatic ring is 1. The molecule has 0 spiro atoms. The Morgan fingerprint density at radius 1 is 1.43 bits per heavy atom. The highest BCUT2D eigenvalue weighted by Gasteiger charge is 2.19. The van der Waals surface area contributed by atoms with Gasteiger partial charge in [-0.15, -0.1) is 0 Å². The molecule has 2 rings (SSSR count). The number of amides is 2. The Balaban J connectivity index is 1.87. The van der Waals surface area contributed by atoms with Gasteiger partial charge in [-0.05, 0) is 6.92 Å². The van der Waals surface area contributed by atoms with Crippen LogP contribution in [-0.2, 0) is 4.79 Å². The number of aromatic nitrogens is 1. The molecule has 1 fully saturated rings. The second-order valence-corrected chi connectivity index (χ2v) is 5.58. The third kappa shape index (κ3) is 4.05. The lowest BCUT2D eigenvalue weighted by atomic mass is 10.3. The number of rotatable bonds is 5. The van der Waals surface area contributed by atoms with Crippen LogP contribution in [0.3, 0.4) is 0 Å². The van der Waals surface area contributed by atoms with Crippen molar-refractivity contribution in [1.82, 2.24) is 20.5 Å². The first-order chi connectivity index (χ1) is 10.1. The molecule has 0 radical (unpaired) electrons. The third-order valence-corrected chi connectivity index (χ3v) is 4.09. The highest BCUT2D eigenvalue weighted by atomic mass is 32.1. The quantitative estimate of drug-likeness (QED) is 0.573. The van der Waals surface area contributed by atoms with E-state index in [0.717, 1.165) is 13.1 Å². The molecule has 0 aromatic carbocycles. The van der Waals surface area contributed by atoms with Crippen LogP contribution in [0.1, 0.15) is 16.6 Å². The van der Waals surface area contributed by atoms with Crippen LogP contribution in [0.5, 0.6) is 0 Å². The van der Waals surface area contributed by atoms with Crippen molar-refractivity contribution in [3.8, 4) is 0 Å². The van der Waals surface area contributed by atoms with Gasteiger partial charge >= 0.3 is 0 Å². The molecule has 0 saturated carbocycles. The van der Waals surface area contributed by atoms with Crippen LogP contribution in [0, 0.1) is 0 Å². The molecule has 1 aromatic rings. The zero-order valence-electron chi connectivity index (χ0n) is 11.9. The van der Waals surface area contributed by atoms with Crippen molar-refractivity contribution in [2.45, 2.75) is 6.92 Å². The summed E-state index contributed by atoms with van der Waals surface area (Å²) < 4.78 is 0. The largest absolute Gasteiger partial charge is 0.382 e. The maximum Gasteiger partial charge on any atom is 0.265 e. The van der Waals surface area contributed by atoms with Crippen molar-refractivity contribution < 1.29 is 9.59 Å². The van der Waals surface area contributed by atoms with Crippen LogP contribution >= 0.6 is 11.3 Å². The zero-order chi connectivity index (χ0) is 15.2. The summed E-state index contributed by atoms with van der Waals surface area (Å²) in [6, 6.07) is 0. The van der Waals surface area contributed by atoms with Crippen molar-refractivity contribution in [1.29, 1.82) is 0 Å². The first-order valence-corrected chi connectivity index (χ1v) is 7.70. The number of thiazole rings is 1. The SMILES string of the molecule is CCNc1nc(N)c(C(=O)NCC(=O)N2CCNCC2)s1. The van der Waals surface area contributed by atoms with E-state index >= 15 is 0 Å². The fraction of sp³-hybridized carbons (Fsp3) is 0.583. The molecular formula is C12H20N6O2S. The van der Waals surface area contributed by atoms with Crippen molar-refractivity contribution in [3.05, 3.63) is 4.88 Å². The molecule has 2 heterocycles. The number of hydrogen-bond acceptors (Lipinski definition) is 7.